The number of benzene rings is 3. The fourth-order valence-electron chi connectivity index (χ4n) is 6.40. The second kappa shape index (κ2) is 12.2. The van der Waals surface area contributed by atoms with Crippen molar-refractivity contribution in [1.82, 2.24) is 0 Å². The Balaban J connectivity index is 1.48. The molecule has 0 spiro atoms. The zero-order valence-corrected chi connectivity index (χ0v) is 25.5. The number of hydrogen-bond donors (Lipinski definition) is 1. The molecular formula is C33H40N2O5Si. The van der Waals surface area contributed by atoms with Gasteiger partial charge in [0.15, 0.2) is 0 Å². The van der Waals surface area contributed by atoms with Crippen LogP contribution in [-0.2, 0) is 9.53 Å². The summed E-state index contributed by atoms with van der Waals surface area (Å²) in [7, 11) is 1.29. The fourth-order valence-corrected chi connectivity index (χ4v) is 9.90. The van der Waals surface area contributed by atoms with Crippen LogP contribution in [-0.4, -0.2) is 51.7 Å². The number of amides is 1. The number of carbonyl (C=O) groups excluding carboxylic acids is 1. The van der Waals surface area contributed by atoms with Crippen LogP contribution in [0.4, 0.5) is 5.69 Å². The summed E-state index contributed by atoms with van der Waals surface area (Å²) >= 11 is 0. The van der Waals surface area contributed by atoms with Gasteiger partial charge in [-0.15, -0.1) is 0 Å². The third-order valence-electron chi connectivity index (χ3n) is 8.79. The lowest BCUT2D eigenvalue weighted by molar-refractivity contribution is -0.118. The van der Waals surface area contributed by atoms with Crippen molar-refractivity contribution in [2.24, 2.45) is 11.0 Å². The number of fused-ring (bicyclic) bond motifs is 1. The highest BCUT2D eigenvalue weighted by atomic mass is 28.3. The minimum Gasteiger partial charge on any atom is -0.497 e. The van der Waals surface area contributed by atoms with Crippen molar-refractivity contribution in [3.63, 3.8) is 0 Å². The van der Waals surface area contributed by atoms with Gasteiger partial charge in [0.05, 0.1) is 32.7 Å². The van der Waals surface area contributed by atoms with Crippen LogP contribution in [0, 0.1) is 5.92 Å². The van der Waals surface area contributed by atoms with Crippen LogP contribution in [0.1, 0.15) is 43.4 Å². The van der Waals surface area contributed by atoms with Gasteiger partial charge in [-0.2, -0.15) is 5.10 Å². The average molecular weight is 573 g/mol. The molecule has 2 heterocycles. The van der Waals surface area contributed by atoms with Gasteiger partial charge < -0.3 is 19.3 Å². The zero-order chi connectivity index (χ0) is 29.1. The van der Waals surface area contributed by atoms with E-state index >= 15 is 0 Å². The Labute approximate surface area is 243 Å². The van der Waals surface area contributed by atoms with E-state index in [1.807, 2.05) is 60.7 Å². The van der Waals surface area contributed by atoms with Crippen molar-refractivity contribution in [1.29, 1.82) is 0 Å². The standard InChI is InChI=1S/C33H40N2O5Si/c1-22-32(39-3)27-21-24(35-31(37)18-16-28(34-35)23-9-7-6-8-10-23)11-17-29(27)40-33(22)30(19-20-36)41(4,5)26-14-12-25(38-2)13-15-26/h6-15,17,21-22,30,32-33,36H,16,18-20H2,1-5H3/t22-,30?,32-,33-/m1/s1. The van der Waals surface area contributed by atoms with Crippen molar-refractivity contribution < 1.29 is 24.1 Å². The van der Waals surface area contributed by atoms with E-state index in [4.69, 9.17) is 19.3 Å². The maximum Gasteiger partial charge on any atom is 0.247 e. The van der Waals surface area contributed by atoms with E-state index < -0.39 is 8.07 Å². The van der Waals surface area contributed by atoms with Gasteiger partial charge in [-0.25, -0.2) is 5.01 Å². The normalized spacial score (nSPS) is 21.5. The van der Waals surface area contributed by atoms with Crippen LogP contribution in [0.25, 0.3) is 0 Å². The number of methoxy groups -OCH3 is 2. The van der Waals surface area contributed by atoms with Gasteiger partial charge in [0.25, 0.3) is 0 Å². The summed E-state index contributed by atoms with van der Waals surface area (Å²) < 4.78 is 18.3. The topological polar surface area (TPSA) is 80.6 Å². The third kappa shape index (κ3) is 5.69. The van der Waals surface area contributed by atoms with E-state index in [1.165, 1.54) is 10.2 Å². The average Bonchev–Trinajstić information content (AvgIpc) is 3.00. The summed E-state index contributed by atoms with van der Waals surface area (Å²) in [6.45, 7) is 6.94. The van der Waals surface area contributed by atoms with E-state index in [0.29, 0.717) is 24.9 Å². The number of hydrazone groups is 1. The van der Waals surface area contributed by atoms with E-state index in [2.05, 4.69) is 32.2 Å². The highest BCUT2D eigenvalue weighted by Crippen LogP contribution is 2.48. The maximum absolute atomic E-state index is 13.0. The van der Waals surface area contributed by atoms with Crippen molar-refractivity contribution >= 4 is 30.6 Å². The first-order valence-corrected chi connectivity index (χ1v) is 17.4. The first-order chi connectivity index (χ1) is 19.8. The largest absolute Gasteiger partial charge is 0.497 e. The second-order valence-electron chi connectivity index (χ2n) is 11.5. The predicted octanol–water partition coefficient (Wildman–Crippen LogP) is 5.68. The SMILES string of the molecule is COc1ccc([Si](C)(C)C(CCO)[C@@H]2Oc3ccc(N4N=C(c5ccccc5)CCC4=O)cc3[C@H](OC)[C@H]2C)cc1. The molecular weight excluding hydrogens is 532 g/mol. The molecule has 0 bridgehead atoms. The molecule has 5 rings (SSSR count). The number of aliphatic hydroxyl groups is 1. The van der Waals surface area contributed by atoms with E-state index in [-0.39, 0.29) is 36.2 Å². The quantitative estimate of drug-likeness (QED) is 0.334. The van der Waals surface area contributed by atoms with Crippen LogP contribution in [0.15, 0.2) is 77.9 Å². The molecule has 0 aliphatic carbocycles. The second-order valence-corrected chi connectivity index (χ2v) is 16.3. The molecule has 7 nitrogen and oxygen atoms in total. The number of nitrogens with zero attached hydrogens (tertiary/aromatic N) is 2. The van der Waals surface area contributed by atoms with E-state index in [1.54, 1.807) is 14.2 Å². The van der Waals surface area contributed by atoms with Gasteiger partial charge in [-0.1, -0.05) is 67.7 Å². The number of carbonyl (C=O) groups is 1. The maximum atomic E-state index is 13.0. The summed E-state index contributed by atoms with van der Waals surface area (Å²) in [4.78, 5) is 13.0. The first-order valence-electron chi connectivity index (χ1n) is 14.3. The molecule has 0 aromatic heterocycles. The molecule has 2 aliphatic heterocycles. The monoisotopic (exact) mass is 572 g/mol. The van der Waals surface area contributed by atoms with Gasteiger partial charge in [0.2, 0.25) is 5.91 Å². The van der Waals surface area contributed by atoms with Crippen LogP contribution in [0.5, 0.6) is 11.5 Å². The molecule has 1 unspecified atom stereocenters. The van der Waals surface area contributed by atoms with E-state index in [9.17, 15) is 9.90 Å². The van der Waals surface area contributed by atoms with Crippen molar-refractivity contribution in [2.75, 3.05) is 25.8 Å². The first kappa shape index (κ1) is 29.0. The molecule has 41 heavy (non-hydrogen) atoms. The van der Waals surface area contributed by atoms with Gasteiger partial charge in [0.1, 0.15) is 17.6 Å². The lowest BCUT2D eigenvalue weighted by Gasteiger charge is -2.46. The number of ether oxygens (including phenoxy) is 3. The predicted molar refractivity (Wildman–Crippen MR) is 165 cm³/mol. The van der Waals surface area contributed by atoms with Gasteiger partial charge in [0, 0.05) is 38.0 Å². The molecule has 0 saturated heterocycles. The number of anilines is 1. The number of hydrogen-bond acceptors (Lipinski definition) is 6. The van der Waals surface area contributed by atoms with Gasteiger partial charge in [-0.3, -0.25) is 4.79 Å². The number of aliphatic hydroxyl groups excluding tert-OH is 1. The Kier molecular flexibility index (Phi) is 8.63. The van der Waals surface area contributed by atoms with Crippen molar-refractivity contribution in [3.8, 4) is 11.5 Å². The minimum atomic E-state index is -2.11. The fraction of sp³-hybridized carbons (Fsp3) is 0.394. The summed E-state index contributed by atoms with van der Waals surface area (Å²) in [5.41, 5.74) is 3.68. The van der Waals surface area contributed by atoms with E-state index in [0.717, 1.165) is 28.3 Å². The van der Waals surface area contributed by atoms with Crippen molar-refractivity contribution in [3.05, 3.63) is 83.9 Å². The highest BCUT2D eigenvalue weighted by molar-refractivity contribution is 6.91. The Morgan fingerprint density at radius 2 is 1.78 bits per heavy atom. The van der Waals surface area contributed by atoms with Gasteiger partial charge in [-0.05, 0) is 47.9 Å². The molecule has 1 N–H and O–H groups in total. The smallest absolute Gasteiger partial charge is 0.247 e. The molecule has 3 aromatic carbocycles. The Hall–Kier alpha value is -3.46. The number of rotatable bonds is 9. The van der Waals surface area contributed by atoms with Crippen LogP contribution < -0.4 is 19.7 Å². The minimum absolute atomic E-state index is 0.0183. The lowest BCUT2D eigenvalue weighted by Crippen LogP contribution is -2.54. The molecule has 3 aromatic rings. The lowest BCUT2D eigenvalue weighted by atomic mass is 9.86. The Morgan fingerprint density at radius 1 is 1.05 bits per heavy atom. The van der Waals surface area contributed by atoms with Gasteiger partial charge >= 0.3 is 0 Å². The zero-order valence-electron chi connectivity index (χ0n) is 24.5. The molecule has 0 radical (unpaired) electrons. The molecule has 216 valence electrons. The summed E-state index contributed by atoms with van der Waals surface area (Å²) in [5.74, 6) is 1.57. The van der Waals surface area contributed by atoms with Crippen LogP contribution in [0.3, 0.4) is 0 Å². The Bertz CT molecular complexity index is 1390. The molecule has 8 heteroatoms. The summed E-state index contributed by atoms with van der Waals surface area (Å²) in [5, 5.41) is 17.7. The molecule has 0 saturated carbocycles. The molecule has 2 aliphatic rings. The molecule has 4 atom stereocenters. The Morgan fingerprint density at radius 3 is 2.44 bits per heavy atom. The third-order valence-corrected chi connectivity index (χ3v) is 13.1. The molecule has 1 amide bonds. The molecule has 0 fully saturated rings. The van der Waals surface area contributed by atoms with Crippen molar-refractivity contribution in [2.45, 2.75) is 57.0 Å². The summed E-state index contributed by atoms with van der Waals surface area (Å²) in [6, 6.07) is 24.1. The summed E-state index contributed by atoms with van der Waals surface area (Å²) in [6.07, 6.45) is 1.29. The van der Waals surface area contributed by atoms with Crippen LogP contribution in [0.2, 0.25) is 18.6 Å². The van der Waals surface area contributed by atoms with Crippen LogP contribution >= 0.6 is 0 Å². The highest BCUT2D eigenvalue weighted by Gasteiger charge is 2.47.